The summed E-state index contributed by atoms with van der Waals surface area (Å²) in [4.78, 5) is 2.75. The highest BCUT2D eigenvalue weighted by Gasteiger charge is 2.47. The van der Waals surface area contributed by atoms with Crippen LogP contribution in [0.4, 0.5) is 0 Å². The lowest BCUT2D eigenvalue weighted by atomic mass is 9.89. The number of piperazine rings is 1. The van der Waals surface area contributed by atoms with Gasteiger partial charge in [-0.1, -0.05) is 6.92 Å². The lowest BCUT2D eigenvalue weighted by molar-refractivity contribution is 0.0348. The van der Waals surface area contributed by atoms with Gasteiger partial charge in [-0.3, -0.25) is 9.58 Å². The van der Waals surface area contributed by atoms with Crippen LogP contribution in [0.15, 0.2) is 12.3 Å². The monoisotopic (exact) mass is 276 g/mol. The Bertz CT molecular complexity index is 451. The highest BCUT2D eigenvalue weighted by atomic mass is 15.3. The maximum atomic E-state index is 4.28. The zero-order valence-electron chi connectivity index (χ0n) is 13.1. The minimum absolute atomic E-state index is 0.365. The molecule has 0 spiro atoms. The van der Waals surface area contributed by atoms with Crippen molar-refractivity contribution in [3.8, 4) is 0 Å². The number of rotatable bonds is 5. The quantitative estimate of drug-likeness (QED) is 0.890. The first-order chi connectivity index (χ1) is 9.63. The standard InChI is InChI=1S/C16H28N4/c1-4-14-11-20(10-8-15-7-9-18-19(15)3)16(2,12-17-14)13-5-6-13/h7,9,13-14,17H,4-6,8,10-12H2,1-3H3. The molecule has 2 atom stereocenters. The van der Waals surface area contributed by atoms with Gasteiger partial charge in [0.1, 0.15) is 0 Å². The minimum atomic E-state index is 0.365. The predicted octanol–water partition coefficient (Wildman–Crippen LogP) is 1.82. The van der Waals surface area contributed by atoms with Crippen LogP contribution in [0.5, 0.6) is 0 Å². The third-order valence-electron chi connectivity index (χ3n) is 5.42. The zero-order chi connectivity index (χ0) is 14.2. The van der Waals surface area contributed by atoms with Gasteiger partial charge in [0.05, 0.1) is 0 Å². The van der Waals surface area contributed by atoms with Crippen LogP contribution < -0.4 is 5.32 Å². The molecule has 1 saturated heterocycles. The second kappa shape index (κ2) is 5.49. The Hall–Kier alpha value is -0.870. The molecule has 1 aliphatic carbocycles. The molecule has 3 rings (SSSR count). The molecule has 4 heteroatoms. The summed E-state index contributed by atoms with van der Waals surface area (Å²) in [5, 5.41) is 8.04. The highest BCUT2D eigenvalue weighted by Crippen LogP contribution is 2.44. The first kappa shape index (κ1) is 14.1. The molecule has 1 aromatic heterocycles. The maximum Gasteiger partial charge on any atom is 0.0492 e. The fourth-order valence-corrected chi connectivity index (χ4v) is 3.63. The van der Waals surface area contributed by atoms with E-state index in [1.54, 1.807) is 0 Å². The van der Waals surface area contributed by atoms with E-state index >= 15 is 0 Å². The lowest BCUT2D eigenvalue weighted by Gasteiger charge is -2.48. The highest BCUT2D eigenvalue weighted by molar-refractivity contribution is 5.07. The Balaban J connectivity index is 1.68. The smallest absolute Gasteiger partial charge is 0.0492 e. The Morgan fingerprint density at radius 1 is 1.45 bits per heavy atom. The molecule has 1 aliphatic heterocycles. The van der Waals surface area contributed by atoms with Crippen LogP contribution in [-0.4, -0.2) is 45.9 Å². The summed E-state index contributed by atoms with van der Waals surface area (Å²) >= 11 is 0. The normalized spacial score (nSPS) is 31.6. The first-order valence-electron chi connectivity index (χ1n) is 8.09. The molecule has 1 aromatic rings. The largest absolute Gasteiger partial charge is 0.311 e. The molecule has 2 aliphatic rings. The van der Waals surface area contributed by atoms with Crippen molar-refractivity contribution in [1.82, 2.24) is 20.0 Å². The van der Waals surface area contributed by atoms with E-state index in [1.165, 1.54) is 31.5 Å². The molecular weight excluding hydrogens is 248 g/mol. The van der Waals surface area contributed by atoms with E-state index in [-0.39, 0.29) is 0 Å². The molecular formula is C16H28N4. The molecule has 1 saturated carbocycles. The second-order valence-electron chi connectivity index (χ2n) is 6.76. The summed E-state index contributed by atoms with van der Waals surface area (Å²) in [7, 11) is 2.04. The van der Waals surface area contributed by atoms with Gasteiger partial charge in [-0.2, -0.15) is 5.10 Å². The molecule has 2 fully saturated rings. The van der Waals surface area contributed by atoms with E-state index in [0.29, 0.717) is 11.6 Å². The summed E-state index contributed by atoms with van der Waals surface area (Å²) in [6.45, 7) is 8.26. The number of hydrogen-bond donors (Lipinski definition) is 1. The Kier molecular flexibility index (Phi) is 3.87. The number of aryl methyl sites for hydroxylation is 1. The molecule has 0 aromatic carbocycles. The van der Waals surface area contributed by atoms with E-state index < -0.39 is 0 Å². The van der Waals surface area contributed by atoms with E-state index in [9.17, 15) is 0 Å². The fraction of sp³-hybridized carbons (Fsp3) is 0.812. The van der Waals surface area contributed by atoms with Crippen LogP contribution in [0, 0.1) is 5.92 Å². The van der Waals surface area contributed by atoms with Crippen LogP contribution in [0.3, 0.4) is 0 Å². The first-order valence-corrected chi connectivity index (χ1v) is 8.09. The van der Waals surface area contributed by atoms with Crippen LogP contribution in [-0.2, 0) is 13.5 Å². The van der Waals surface area contributed by atoms with Crippen molar-refractivity contribution in [2.45, 2.75) is 51.1 Å². The van der Waals surface area contributed by atoms with Gasteiger partial charge in [0.25, 0.3) is 0 Å². The van der Waals surface area contributed by atoms with Crippen LogP contribution in [0.2, 0.25) is 0 Å². The average molecular weight is 276 g/mol. The maximum absolute atomic E-state index is 4.28. The topological polar surface area (TPSA) is 33.1 Å². The molecule has 2 unspecified atom stereocenters. The van der Waals surface area contributed by atoms with Gasteiger partial charge in [0.2, 0.25) is 0 Å². The molecule has 2 heterocycles. The van der Waals surface area contributed by atoms with Crippen molar-refractivity contribution in [3.05, 3.63) is 18.0 Å². The van der Waals surface area contributed by atoms with Crippen molar-refractivity contribution in [3.63, 3.8) is 0 Å². The van der Waals surface area contributed by atoms with Crippen molar-refractivity contribution in [1.29, 1.82) is 0 Å². The van der Waals surface area contributed by atoms with Gasteiger partial charge in [-0.05, 0) is 38.2 Å². The third kappa shape index (κ3) is 2.63. The molecule has 4 nitrogen and oxygen atoms in total. The summed E-state index contributed by atoms with van der Waals surface area (Å²) in [5.41, 5.74) is 1.71. The van der Waals surface area contributed by atoms with E-state index in [2.05, 4.69) is 35.2 Å². The Morgan fingerprint density at radius 2 is 2.25 bits per heavy atom. The van der Waals surface area contributed by atoms with Gasteiger partial charge >= 0.3 is 0 Å². The van der Waals surface area contributed by atoms with Crippen molar-refractivity contribution >= 4 is 0 Å². The van der Waals surface area contributed by atoms with E-state index in [0.717, 1.165) is 25.4 Å². The summed E-state index contributed by atoms with van der Waals surface area (Å²) in [6.07, 6.45) is 7.06. The Morgan fingerprint density at radius 3 is 2.85 bits per heavy atom. The van der Waals surface area contributed by atoms with Gasteiger partial charge in [0, 0.05) is 56.6 Å². The molecule has 0 bridgehead atoms. The van der Waals surface area contributed by atoms with Crippen LogP contribution >= 0.6 is 0 Å². The van der Waals surface area contributed by atoms with E-state index in [4.69, 9.17) is 0 Å². The molecule has 112 valence electrons. The van der Waals surface area contributed by atoms with Gasteiger partial charge in [0.15, 0.2) is 0 Å². The van der Waals surface area contributed by atoms with Gasteiger partial charge in [-0.25, -0.2) is 0 Å². The van der Waals surface area contributed by atoms with Crippen molar-refractivity contribution < 1.29 is 0 Å². The zero-order valence-corrected chi connectivity index (χ0v) is 13.1. The van der Waals surface area contributed by atoms with E-state index in [1.807, 2.05) is 17.9 Å². The predicted molar refractivity (Wildman–Crippen MR) is 81.7 cm³/mol. The molecule has 1 N–H and O–H groups in total. The van der Waals surface area contributed by atoms with Crippen molar-refractivity contribution in [2.75, 3.05) is 19.6 Å². The van der Waals surface area contributed by atoms with Gasteiger partial charge in [-0.15, -0.1) is 0 Å². The van der Waals surface area contributed by atoms with Crippen LogP contribution in [0.25, 0.3) is 0 Å². The Labute approximate surface area is 122 Å². The summed E-state index contributed by atoms with van der Waals surface area (Å²) < 4.78 is 2.01. The molecule has 0 radical (unpaired) electrons. The molecule has 0 amide bonds. The number of nitrogens with one attached hydrogen (secondary N) is 1. The third-order valence-corrected chi connectivity index (χ3v) is 5.42. The fourth-order valence-electron chi connectivity index (χ4n) is 3.63. The average Bonchev–Trinajstić information content (AvgIpc) is 3.23. The number of aromatic nitrogens is 2. The van der Waals surface area contributed by atoms with Crippen LogP contribution in [0.1, 0.15) is 38.8 Å². The summed E-state index contributed by atoms with van der Waals surface area (Å²) in [6, 6.07) is 2.81. The second-order valence-corrected chi connectivity index (χ2v) is 6.76. The summed E-state index contributed by atoms with van der Waals surface area (Å²) in [5.74, 6) is 0.902. The van der Waals surface area contributed by atoms with Crippen molar-refractivity contribution in [2.24, 2.45) is 13.0 Å². The number of hydrogen-bond acceptors (Lipinski definition) is 3. The lowest BCUT2D eigenvalue weighted by Crippen LogP contribution is -2.64. The minimum Gasteiger partial charge on any atom is -0.311 e. The SMILES string of the molecule is CCC1CN(CCc2ccnn2C)C(C)(C2CC2)CN1. The number of nitrogens with zero attached hydrogens (tertiary/aromatic N) is 3. The molecule has 20 heavy (non-hydrogen) atoms. The van der Waals surface area contributed by atoms with Gasteiger partial charge < -0.3 is 5.32 Å².